The van der Waals surface area contributed by atoms with E-state index in [1.165, 1.54) is 6.21 Å². The van der Waals surface area contributed by atoms with Crippen LogP contribution in [-0.2, 0) is 9.59 Å². The monoisotopic (exact) mass is 373 g/mol. The number of hydrogen-bond donors (Lipinski definition) is 2. The van der Waals surface area contributed by atoms with E-state index in [2.05, 4.69) is 15.8 Å². The second-order valence-electron chi connectivity index (χ2n) is 5.55. The van der Waals surface area contributed by atoms with Crippen molar-refractivity contribution in [2.24, 2.45) is 5.10 Å². The molecule has 0 aliphatic rings. The molecule has 0 aromatic heterocycles. The molecule has 0 spiro atoms. The fourth-order valence-electron chi connectivity index (χ4n) is 2.12. The van der Waals surface area contributed by atoms with Gasteiger partial charge < -0.3 is 10.1 Å². The smallest absolute Gasteiger partial charge is 0.240 e. The molecule has 0 saturated heterocycles. The highest BCUT2D eigenvalue weighted by molar-refractivity contribution is 6.31. The van der Waals surface area contributed by atoms with Crippen LogP contribution >= 0.6 is 11.6 Å². The lowest BCUT2D eigenvalue weighted by Crippen LogP contribution is -2.20. The maximum atomic E-state index is 11.9. The molecule has 2 rings (SSSR count). The molecule has 0 radical (unpaired) electrons. The number of nitrogens with zero attached hydrogens (tertiary/aromatic N) is 1. The van der Waals surface area contributed by atoms with Crippen LogP contribution in [0.15, 0.2) is 47.6 Å². The van der Waals surface area contributed by atoms with Gasteiger partial charge >= 0.3 is 0 Å². The van der Waals surface area contributed by atoms with Crippen molar-refractivity contribution in [1.29, 1.82) is 0 Å². The first-order valence-electron chi connectivity index (χ1n) is 8.00. The number of halogens is 1. The van der Waals surface area contributed by atoms with Gasteiger partial charge in [0, 0.05) is 29.1 Å². The van der Waals surface area contributed by atoms with Crippen LogP contribution < -0.4 is 15.5 Å². The first kappa shape index (κ1) is 19.5. The van der Waals surface area contributed by atoms with Crippen molar-refractivity contribution in [1.82, 2.24) is 5.43 Å². The standard InChI is InChI=1S/C19H20ClN3O3/c1-13-7-8-15(11-16(13)20)22-18(24)9-10-19(25)23-21-12-14-5-3-4-6-17(14)26-2/h3-8,11-12H,9-10H2,1-2H3,(H,22,24)(H,23,25). The molecule has 0 unspecified atom stereocenters. The van der Waals surface area contributed by atoms with Gasteiger partial charge in [-0.3, -0.25) is 9.59 Å². The minimum atomic E-state index is -0.353. The summed E-state index contributed by atoms with van der Waals surface area (Å²) in [5.41, 5.74) is 4.66. The van der Waals surface area contributed by atoms with E-state index < -0.39 is 0 Å². The number of nitrogens with one attached hydrogen (secondary N) is 2. The van der Waals surface area contributed by atoms with Crippen LogP contribution in [0, 0.1) is 6.92 Å². The lowest BCUT2D eigenvalue weighted by molar-refractivity contribution is -0.124. The molecule has 2 N–H and O–H groups in total. The number of benzene rings is 2. The number of ether oxygens (including phenoxy) is 1. The molecule has 0 aliphatic heterocycles. The highest BCUT2D eigenvalue weighted by Gasteiger charge is 2.08. The summed E-state index contributed by atoms with van der Waals surface area (Å²) in [7, 11) is 1.56. The van der Waals surface area contributed by atoms with Gasteiger partial charge in [0.1, 0.15) is 5.75 Å². The molecule has 2 amide bonds. The predicted octanol–water partition coefficient (Wildman–Crippen LogP) is 3.53. The Kier molecular flexibility index (Phi) is 7.17. The van der Waals surface area contributed by atoms with Crippen LogP contribution in [-0.4, -0.2) is 25.1 Å². The normalized spacial score (nSPS) is 10.6. The van der Waals surface area contributed by atoms with E-state index in [1.54, 1.807) is 25.3 Å². The van der Waals surface area contributed by atoms with Gasteiger partial charge in [-0.2, -0.15) is 5.10 Å². The zero-order valence-corrected chi connectivity index (χ0v) is 15.3. The molecule has 2 aromatic rings. The van der Waals surface area contributed by atoms with Crippen LogP contribution in [0.2, 0.25) is 5.02 Å². The van der Waals surface area contributed by atoms with Gasteiger partial charge in [-0.1, -0.05) is 29.8 Å². The number of methoxy groups -OCH3 is 1. The lowest BCUT2D eigenvalue weighted by atomic mass is 10.2. The topological polar surface area (TPSA) is 79.8 Å². The zero-order chi connectivity index (χ0) is 18.9. The maximum Gasteiger partial charge on any atom is 0.240 e. The van der Waals surface area contributed by atoms with E-state index >= 15 is 0 Å². The van der Waals surface area contributed by atoms with E-state index in [9.17, 15) is 9.59 Å². The molecule has 7 heteroatoms. The molecule has 0 atom stereocenters. The molecule has 0 saturated carbocycles. The van der Waals surface area contributed by atoms with Gasteiger partial charge in [-0.25, -0.2) is 5.43 Å². The summed E-state index contributed by atoms with van der Waals surface area (Å²) in [5, 5.41) is 7.16. The van der Waals surface area contributed by atoms with Crippen molar-refractivity contribution in [3.8, 4) is 5.75 Å². The molecule has 136 valence electrons. The van der Waals surface area contributed by atoms with Gasteiger partial charge in [-0.05, 0) is 36.8 Å². The minimum absolute atomic E-state index is 0.0225. The van der Waals surface area contributed by atoms with Gasteiger partial charge in [-0.15, -0.1) is 0 Å². The number of hydrogen-bond acceptors (Lipinski definition) is 4. The Morgan fingerprint density at radius 1 is 1.15 bits per heavy atom. The number of carbonyl (C=O) groups is 2. The number of anilines is 1. The summed E-state index contributed by atoms with van der Waals surface area (Å²) in [5.74, 6) is 0.0312. The minimum Gasteiger partial charge on any atom is -0.496 e. The van der Waals surface area contributed by atoms with Crippen molar-refractivity contribution >= 4 is 35.3 Å². The summed E-state index contributed by atoms with van der Waals surface area (Å²) >= 11 is 6.01. The summed E-state index contributed by atoms with van der Waals surface area (Å²) in [6.07, 6.45) is 1.56. The molecule has 0 heterocycles. The number of hydrazone groups is 1. The number of carbonyl (C=O) groups excluding carboxylic acids is 2. The number of aryl methyl sites for hydroxylation is 1. The van der Waals surface area contributed by atoms with E-state index in [0.29, 0.717) is 16.5 Å². The molecule has 0 bridgehead atoms. The number of rotatable bonds is 7. The second-order valence-corrected chi connectivity index (χ2v) is 5.95. The highest BCUT2D eigenvalue weighted by Crippen LogP contribution is 2.20. The third-order valence-corrected chi connectivity index (χ3v) is 3.97. The fourth-order valence-corrected chi connectivity index (χ4v) is 2.30. The number of amides is 2. The average Bonchev–Trinajstić information content (AvgIpc) is 2.63. The van der Waals surface area contributed by atoms with Gasteiger partial charge in [0.2, 0.25) is 11.8 Å². The van der Waals surface area contributed by atoms with E-state index in [4.69, 9.17) is 16.3 Å². The molecule has 0 aliphatic carbocycles. The zero-order valence-electron chi connectivity index (χ0n) is 14.6. The Labute approximate surface area is 157 Å². The summed E-state index contributed by atoms with van der Waals surface area (Å²) in [6.45, 7) is 1.88. The number of para-hydroxylation sites is 1. The average molecular weight is 374 g/mol. The van der Waals surface area contributed by atoms with E-state index in [-0.39, 0.29) is 24.7 Å². The highest BCUT2D eigenvalue weighted by atomic mass is 35.5. The quantitative estimate of drug-likeness (QED) is 0.575. The maximum absolute atomic E-state index is 11.9. The second kappa shape index (κ2) is 9.58. The Hall–Kier alpha value is -2.86. The van der Waals surface area contributed by atoms with Gasteiger partial charge in [0.05, 0.1) is 13.3 Å². The summed E-state index contributed by atoms with van der Waals surface area (Å²) < 4.78 is 5.19. The van der Waals surface area contributed by atoms with Crippen molar-refractivity contribution in [3.05, 3.63) is 58.6 Å². The van der Waals surface area contributed by atoms with E-state index in [0.717, 1.165) is 11.1 Å². The first-order chi connectivity index (χ1) is 12.5. The molecular formula is C19H20ClN3O3. The largest absolute Gasteiger partial charge is 0.496 e. The summed E-state index contributed by atoms with van der Waals surface area (Å²) in [4.78, 5) is 23.7. The van der Waals surface area contributed by atoms with Crippen LogP contribution in [0.1, 0.15) is 24.0 Å². The fraction of sp³-hybridized carbons (Fsp3) is 0.211. The SMILES string of the molecule is COc1ccccc1C=NNC(=O)CCC(=O)Nc1ccc(C)c(Cl)c1. The van der Waals surface area contributed by atoms with Crippen molar-refractivity contribution in [2.45, 2.75) is 19.8 Å². The first-order valence-corrected chi connectivity index (χ1v) is 8.38. The van der Waals surface area contributed by atoms with Crippen LogP contribution in [0.3, 0.4) is 0 Å². The Bertz CT molecular complexity index is 821. The van der Waals surface area contributed by atoms with Crippen LogP contribution in [0.25, 0.3) is 0 Å². The Morgan fingerprint density at radius 2 is 1.88 bits per heavy atom. The van der Waals surface area contributed by atoms with Crippen molar-refractivity contribution < 1.29 is 14.3 Å². The molecule has 0 fully saturated rings. The van der Waals surface area contributed by atoms with Crippen molar-refractivity contribution in [3.63, 3.8) is 0 Å². The van der Waals surface area contributed by atoms with Gasteiger partial charge in [0.15, 0.2) is 0 Å². The van der Waals surface area contributed by atoms with Crippen LogP contribution in [0.5, 0.6) is 5.75 Å². The van der Waals surface area contributed by atoms with Crippen molar-refractivity contribution in [2.75, 3.05) is 12.4 Å². The molecular weight excluding hydrogens is 354 g/mol. The van der Waals surface area contributed by atoms with Crippen LogP contribution in [0.4, 0.5) is 5.69 Å². The lowest BCUT2D eigenvalue weighted by Gasteiger charge is -2.06. The third kappa shape index (κ3) is 5.89. The molecule has 2 aromatic carbocycles. The Morgan fingerprint density at radius 3 is 2.62 bits per heavy atom. The molecule has 26 heavy (non-hydrogen) atoms. The Balaban J connectivity index is 1.78. The molecule has 6 nitrogen and oxygen atoms in total. The van der Waals surface area contributed by atoms with Gasteiger partial charge in [0.25, 0.3) is 0 Å². The third-order valence-electron chi connectivity index (χ3n) is 3.57. The summed E-state index contributed by atoms with van der Waals surface area (Å²) in [6, 6.07) is 12.5. The van der Waals surface area contributed by atoms with E-state index in [1.807, 2.05) is 31.2 Å². The predicted molar refractivity (Wildman–Crippen MR) is 103 cm³/mol.